The third-order valence-electron chi connectivity index (χ3n) is 2.59. The molecule has 0 saturated heterocycles. The average molecular weight is 308 g/mol. The topological polar surface area (TPSA) is 57.1 Å². The van der Waals surface area contributed by atoms with Crippen LogP contribution >= 0.6 is 11.6 Å². The molecule has 0 fully saturated rings. The summed E-state index contributed by atoms with van der Waals surface area (Å²) in [5.41, 5.74) is 1.28. The van der Waals surface area contributed by atoms with E-state index in [2.05, 4.69) is 27.1 Å². The molecule has 6 heteroatoms. The molecule has 0 aliphatic rings. The van der Waals surface area contributed by atoms with Gasteiger partial charge in [-0.2, -0.15) is 9.97 Å². The number of benzene rings is 1. The van der Waals surface area contributed by atoms with Crippen molar-refractivity contribution in [2.45, 2.75) is 32.8 Å². The Morgan fingerprint density at radius 3 is 2.48 bits per heavy atom. The Labute approximate surface area is 129 Å². The number of aromatic nitrogens is 3. The monoisotopic (exact) mass is 307 g/mol. The summed E-state index contributed by atoms with van der Waals surface area (Å²) < 4.78 is 10.9. The molecular formula is C15H18ClN3O2. The van der Waals surface area contributed by atoms with Crippen LogP contribution in [0.2, 0.25) is 5.28 Å². The molecule has 0 bridgehead atoms. The van der Waals surface area contributed by atoms with Crippen molar-refractivity contribution in [3.63, 3.8) is 0 Å². The summed E-state index contributed by atoms with van der Waals surface area (Å²) in [4.78, 5) is 11.9. The zero-order valence-electron chi connectivity index (χ0n) is 12.1. The Bertz CT molecular complexity index is 564. The SMILES string of the molecule is CC(C)Oc1nc(Cl)nc(OCCCc2ccccc2)n1. The van der Waals surface area contributed by atoms with Crippen LogP contribution in [0.4, 0.5) is 0 Å². The van der Waals surface area contributed by atoms with Crippen LogP contribution in [-0.4, -0.2) is 27.7 Å². The van der Waals surface area contributed by atoms with E-state index in [1.165, 1.54) is 5.56 Å². The van der Waals surface area contributed by atoms with Crippen molar-refractivity contribution < 1.29 is 9.47 Å². The Morgan fingerprint density at radius 1 is 1.05 bits per heavy atom. The number of hydrogen-bond acceptors (Lipinski definition) is 5. The van der Waals surface area contributed by atoms with Gasteiger partial charge >= 0.3 is 12.0 Å². The van der Waals surface area contributed by atoms with Gasteiger partial charge in [0, 0.05) is 0 Å². The van der Waals surface area contributed by atoms with Gasteiger partial charge in [-0.25, -0.2) is 0 Å². The number of halogens is 1. The van der Waals surface area contributed by atoms with E-state index in [4.69, 9.17) is 21.1 Å². The quantitative estimate of drug-likeness (QED) is 0.734. The summed E-state index contributed by atoms with van der Waals surface area (Å²) in [6.07, 6.45) is 1.78. The van der Waals surface area contributed by atoms with Gasteiger partial charge in [-0.05, 0) is 43.9 Å². The number of hydrogen-bond donors (Lipinski definition) is 0. The molecule has 0 amide bonds. The van der Waals surface area contributed by atoms with Gasteiger partial charge in [0.2, 0.25) is 5.28 Å². The molecule has 0 aliphatic carbocycles. The second kappa shape index (κ2) is 7.78. The first-order valence-electron chi connectivity index (χ1n) is 6.88. The van der Waals surface area contributed by atoms with E-state index in [9.17, 15) is 0 Å². The van der Waals surface area contributed by atoms with Crippen molar-refractivity contribution in [2.75, 3.05) is 6.61 Å². The van der Waals surface area contributed by atoms with Gasteiger partial charge in [0.1, 0.15) is 0 Å². The summed E-state index contributed by atoms with van der Waals surface area (Å²) >= 11 is 5.82. The maximum absolute atomic E-state index is 5.82. The molecule has 1 aromatic heterocycles. The molecule has 21 heavy (non-hydrogen) atoms. The first-order chi connectivity index (χ1) is 10.1. The van der Waals surface area contributed by atoms with Gasteiger partial charge in [0.25, 0.3) is 0 Å². The van der Waals surface area contributed by atoms with Crippen molar-refractivity contribution in [3.05, 3.63) is 41.2 Å². The lowest BCUT2D eigenvalue weighted by Gasteiger charge is -2.09. The maximum Gasteiger partial charge on any atom is 0.324 e. The maximum atomic E-state index is 5.82. The molecule has 112 valence electrons. The fourth-order valence-corrected chi connectivity index (χ4v) is 1.87. The molecule has 0 aliphatic heterocycles. The molecule has 5 nitrogen and oxygen atoms in total. The van der Waals surface area contributed by atoms with E-state index >= 15 is 0 Å². The van der Waals surface area contributed by atoms with Crippen molar-refractivity contribution in [1.29, 1.82) is 0 Å². The number of ether oxygens (including phenoxy) is 2. The Balaban J connectivity index is 1.84. The van der Waals surface area contributed by atoms with Gasteiger partial charge in [-0.3, -0.25) is 0 Å². The third-order valence-corrected chi connectivity index (χ3v) is 2.76. The van der Waals surface area contributed by atoms with E-state index in [0.717, 1.165) is 12.8 Å². The Morgan fingerprint density at radius 2 is 1.76 bits per heavy atom. The zero-order chi connectivity index (χ0) is 15.1. The number of nitrogens with zero attached hydrogens (tertiary/aromatic N) is 3. The predicted octanol–water partition coefficient (Wildman–Crippen LogP) is 3.32. The third kappa shape index (κ3) is 5.55. The second-order valence-corrected chi connectivity index (χ2v) is 5.11. The molecule has 2 rings (SSSR count). The van der Waals surface area contributed by atoms with Crippen LogP contribution in [0, 0.1) is 0 Å². The summed E-state index contributed by atoms with van der Waals surface area (Å²) in [6.45, 7) is 4.28. The van der Waals surface area contributed by atoms with Crippen LogP contribution in [0.25, 0.3) is 0 Å². The molecule has 1 aromatic carbocycles. The van der Waals surface area contributed by atoms with E-state index in [-0.39, 0.29) is 23.4 Å². The van der Waals surface area contributed by atoms with Crippen LogP contribution < -0.4 is 9.47 Å². The first kappa shape index (κ1) is 15.5. The minimum absolute atomic E-state index is 0.0330. The van der Waals surface area contributed by atoms with Crippen LogP contribution in [0.15, 0.2) is 30.3 Å². The first-order valence-corrected chi connectivity index (χ1v) is 7.26. The minimum Gasteiger partial charge on any atom is -0.463 e. The molecule has 0 saturated carbocycles. The summed E-state index contributed by atoms with van der Waals surface area (Å²) in [5, 5.41) is 0.0682. The lowest BCUT2D eigenvalue weighted by molar-refractivity contribution is 0.212. The van der Waals surface area contributed by atoms with Crippen LogP contribution in [-0.2, 0) is 6.42 Å². The van der Waals surface area contributed by atoms with E-state index in [0.29, 0.717) is 6.61 Å². The highest BCUT2D eigenvalue weighted by Crippen LogP contribution is 2.14. The normalized spacial score (nSPS) is 10.7. The largest absolute Gasteiger partial charge is 0.463 e. The molecule has 0 unspecified atom stereocenters. The minimum atomic E-state index is -0.0330. The number of aryl methyl sites for hydroxylation is 1. The van der Waals surface area contributed by atoms with Crippen LogP contribution in [0.3, 0.4) is 0 Å². The predicted molar refractivity (Wildman–Crippen MR) is 80.9 cm³/mol. The molecule has 1 heterocycles. The molecule has 0 atom stereocenters. The molecule has 0 radical (unpaired) electrons. The highest BCUT2D eigenvalue weighted by molar-refractivity contribution is 6.28. The Hall–Kier alpha value is -1.88. The van der Waals surface area contributed by atoms with Crippen LogP contribution in [0.1, 0.15) is 25.8 Å². The Kier molecular flexibility index (Phi) is 5.75. The molecular weight excluding hydrogens is 290 g/mol. The fourth-order valence-electron chi connectivity index (χ4n) is 1.73. The highest BCUT2D eigenvalue weighted by Gasteiger charge is 2.08. The highest BCUT2D eigenvalue weighted by atomic mass is 35.5. The van der Waals surface area contributed by atoms with Gasteiger partial charge in [-0.1, -0.05) is 30.3 Å². The summed E-state index contributed by atoms with van der Waals surface area (Å²) in [7, 11) is 0. The number of rotatable bonds is 7. The van der Waals surface area contributed by atoms with Gasteiger partial charge < -0.3 is 9.47 Å². The standard InChI is InChI=1S/C15H18ClN3O2/c1-11(2)21-15-18-13(16)17-14(19-15)20-10-6-9-12-7-4-3-5-8-12/h3-5,7-8,11H,6,9-10H2,1-2H3. The van der Waals surface area contributed by atoms with E-state index in [1.807, 2.05) is 32.0 Å². The van der Waals surface area contributed by atoms with Crippen molar-refractivity contribution in [1.82, 2.24) is 15.0 Å². The van der Waals surface area contributed by atoms with Crippen molar-refractivity contribution >= 4 is 11.6 Å². The van der Waals surface area contributed by atoms with Gasteiger partial charge in [-0.15, -0.1) is 4.98 Å². The summed E-state index contributed by atoms with van der Waals surface area (Å²) in [5.74, 6) is 0. The molecule has 2 aromatic rings. The van der Waals surface area contributed by atoms with E-state index in [1.54, 1.807) is 0 Å². The summed E-state index contributed by atoms with van der Waals surface area (Å²) in [6, 6.07) is 10.6. The van der Waals surface area contributed by atoms with E-state index < -0.39 is 0 Å². The van der Waals surface area contributed by atoms with Gasteiger partial charge in [0.05, 0.1) is 12.7 Å². The zero-order valence-corrected chi connectivity index (χ0v) is 12.9. The molecule has 0 N–H and O–H groups in total. The van der Waals surface area contributed by atoms with Crippen LogP contribution in [0.5, 0.6) is 12.0 Å². The fraction of sp³-hybridized carbons (Fsp3) is 0.400. The molecule has 0 spiro atoms. The van der Waals surface area contributed by atoms with Crippen molar-refractivity contribution in [3.8, 4) is 12.0 Å². The second-order valence-electron chi connectivity index (χ2n) is 4.77. The lowest BCUT2D eigenvalue weighted by Crippen LogP contribution is -2.10. The average Bonchev–Trinajstić information content (AvgIpc) is 2.43. The smallest absolute Gasteiger partial charge is 0.324 e. The lowest BCUT2D eigenvalue weighted by atomic mass is 10.1. The van der Waals surface area contributed by atoms with Crippen molar-refractivity contribution in [2.24, 2.45) is 0 Å². The van der Waals surface area contributed by atoms with Gasteiger partial charge in [0.15, 0.2) is 0 Å².